The van der Waals surface area contributed by atoms with Crippen molar-refractivity contribution in [3.63, 3.8) is 0 Å². The van der Waals surface area contributed by atoms with Crippen molar-refractivity contribution >= 4 is 18.6 Å². The molecule has 0 unspecified atom stereocenters. The van der Waals surface area contributed by atoms with Gasteiger partial charge in [0, 0.05) is 5.46 Å². The minimum absolute atomic E-state index is 0.0515. The number of carbonyl (C=O) groups excluding carboxylic acids is 1. The molecule has 2 aromatic rings. The van der Waals surface area contributed by atoms with Crippen molar-refractivity contribution in [1.82, 2.24) is 9.78 Å². The molecule has 1 aliphatic heterocycles. The number of alkyl halides is 2. The maximum absolute atomic E-state index is 13.0. The van der Waals surface area contributed by atoms with Crippen molar-refractivity contribution in [3.8, 4) is 11.4 Å². The first-order chi connectivity index (χ1) is 14.4. The van der Waals surface area contributed by atoms with E-state index in [-0.39, 0.29) is 12.4 Å². The normalized spacial score (nSPS) is 17.3. The SMILES string of the molecule is CCOC(=O)c1c(C)nn(-c2ccc(OC(F)F)c(B3OC(C)(C)C(C)(C)O3)c2)c1C. The van der Waals surface area contributed by atoms with Crippen LogP contribution in [-0.4, -0.2) is 47.3 Å². The van der Waals surface area contributed by atoms with Gasteiger partial charge in [-0.05, 0) is 66.7 Å². The number of hydrogen-bond donors (Lipinski definition) is 0. The average Bonchev–Trinajstić information content (AvgIpc) is 3.06. The summed E-state index contributed by atoms with van der Waals surface area (Å²) in [7, 11) is -0.916. The van der Waals surface area contributed by atoms with E-state index in [1.165, 1.54) is 6.07 Å². The Balaban J connectivity index is 2.08. The summed E-state index contributed by atoms with van der Waals surface area (Å²) in [6, 6.07) is 4.62. The van der Waals surface area contributed by atoms with E-state index < -0.39 is 30.9 Å². The van der Waals surface area contributed by atoms with Gasteiger partial charge in [0.15, 0.2) is 0 Å². The monoisotopic (exact) mass is 436 g/mol. The molecule has 1 aliphatic rings. The molecule has 0 radical (unpaired) electrons. The van der Waals surface area contributed by atoms with Crippen LogP contribution >= 0.6 is 0 Å². The largest absolute Gasteiger partial charge is 0.498 e. The highest BCUT2D eigenvalue weighted by Gasteiger charge is 2.52. The smallest absolute Gasteiger partial charge is 0.462 e. The molecule has 0 bridgehead atoms. The predicted molar refractivity (Wildman–Crippen MR) is 111 cm³/mol. The standard InChI is InChI=1S/C21H27BF2N2O5/c1-8-28-18(27)17-12(2)25-26(13(17)3)14-9-10-16(29-19(23)24)15(11-14)22-30-20(4,5)21(6,7)31-22/h9-11,19H,8H2,1-7H3. The second kappa shape index (κ2) is 8.24. The van der Waals surface area contributed by atoms with E-state index in [1.807, 2.05) is 27.7 Å². The maximum Gasteiger partial charge on any atom is 0.498 e. The van der Waals surface area contributed by atoms with Crippen LogP contribution in [0, 0.1) is 13.8 Å². The van der Waals surface area contributed by atoms with Gasteiger partial charge in [0.05, 0.1) is 34.9 Å². The molecule has 0 spiro atoms. The number of carbonyl (C=O) groups is 1. The fourth-order valence-corrected chi connectivity index (χ4v) is 3.42. The van der Waals surface area contributed by atoms with Crippen LogP contribution in [0.15, 0.2) is 18.2 Å². The van der Waals surface area contributed by atoms with Gasteiger partial charge >= 0.3 is 19.7 Å². The van der Waals surface area contributed by atoms with Crippen molar-refractivity contribution in [1.29, 1.82) is 0 Å². The molecule has 1 fully saturated rings. The van der Waals surface area contributed by atoms with Gasteiger partial charge in [0.2, 0.25) is 0 Å². The first-order valence-electron chi connectivity index (χ1n) is 10.1. The molecule has 0 atom stereocenters. The number of rotatable bonds is 6. The topological polar surface area (TPSA) is 71.8 Å². The third-order valence-corrected chi connectivity index (χ3v) is 5.73. The molecule has 1 saturated heterocycles. The summed E-state index contributed by atoms with van der Waals surface area (Å²) in [6.07, 6.45) is 0. The Labute approximate surface area is 180 Å². The number of halogens is 2. The van der Waals surface area contributed by atoms with Crippen LogP contribution in [-0.2, 0) is 14.0 Å². The van der Waals surface area contributed by atoms with E-state index in [2.05, 4.69) is 5.10 Å². The van der Waals surface area contributed by atoms with Gasteiger partial charge in [0.1, 0.15) is 11.3 Å². The van der Waals surface area contributed by atoms with Crippen molar-refractivity contribution in [2.75, 3.05) is 6.61 Å². The van der Waals surface area contributed by atoms with Crippen molar-refractivity contribution in [3.05, 3.63) is 35.2 Å². The zero-order valence-corrected chi connectivity index (χ0v) is 18.8. The molecule has 2 heterocycles. The van der Waals surface area contributed by atoms with E-state index in [0.717, 1.165) is 0 Å². The summed E-state index contributed by atoms with van der Waals surface area (Å²) in [5.74, 6) is -0.517. The van der Waals surface area contributed by atoms with Crippen LogP contribution in [0.1, 0.15) is 56.4 Å². The highest BCUT2D eigenvalue weighted by atomic mass is 19.3. The lowest BCUT2D eigenvalue weighted by Crippen LogP contribution is -2.41. The summed E-state index contributed by atoms with van der Waals surface area (Å²) in [5, 5.41) is 4.44. The first-order valence-corrected chi connectivity index (χ1v) is 10.1. The number of esters is 1. The minimum Gasteiger partial charge on any atom is -0.462 e. The summed E-state index contributed by atoms with van der Waals surface area (Å²) >= 11 is 0. The molecular weight excluding hydrogens is 409 g/mol. The number of aromatic nitrogens is 2. The van der Waals surface area contributed by atoms with E-state index in [0.29, 0.717) is 28.1 Å². The van der Waals surface area contributed by atoms with Crippen LogP contribution in [0.5, 0.6) is 5.75 Å². The summed E-state index contributed by atoms with van der Waals surface area (Å²) in [5.41, 5.74) is 0.964. The first kappa shape index (κ1) is 23.2. The molecule has 1 aromatic heterocycles. The quantitative estimate of drug-likeness (QED) is 0.510. The number of hydrogen-bond acceptors (Lipinski definition) is 6. The van der Waals surface area contributed by atoms with Crippen LogP contribution in [0.4, 0.5) is 8.78 Å². The number of ether oxygens (including phenoxy) is 2. The van der Waals surface area contributed by atoms with Gasteiger partial charge in [-0.1, -0.05) is 0 Å². The minimum atomic E-state index is -3.00. The zero-order valence-electron chi connectivity index (χ0n) is 18.8. The van der Waals surface area contributed by atoms with E-state index in [1.54, 1.807) is 37.6 Å². The fourth-order valence-electron chi connectivity index (χ4n) is 3.42. The van der Waals surface area contributed by atoms with Crippen molar-refractivity contribution < 1.29 is 32.4 Å². The Morgan fingerprint density at radius 3 is 2.35 bits per heavy atom. The van der Waals surface area contributed by atoms with Gasteiger partial charge in [-0.3, -0.25) is 0 Å². The second-order valence-corrected chi connectivity index (χ2v) is 8.37. The third-order valence-electron chi connectivity index (χ3n) is 5.73. The second-order valence-electron chi connectivity index (χ2n) is 8.37. The Bertz CT molecular complexity index is 974. The van der Waals surface area contributed by atoms with Gasteiger partial charge in [-0.15, -0.1) is 0 Å². The molecule has 31 heavy (non-hydrogen) atoms. The Morgan fingerprint density at radius 1 is 1.19 bits per heavy atom. The Morgan fingerprint density at radius 2 is 1.81 bits per heavy atom. The van der Waals surface area contributed by atoms with Crippen LogP contribution in [0.25, 0.3) is 5.69 Å². The van der Waals surface area contributed by atoms with Gasteiger partial charge < -0.3 is 18.8 Å². The van der Waals surface area contributed by atoms with Gasteiger partial charge in [-0.2, -0.15) is 13.9 Å². The molecule has 0 N–H and O–H groups in total. The summed E-state index contributed by atoms with van der Waals surface area (Å²) < 4.78 is 49.5. The summed E-state index contributed by atoms with van der Waals surface area (Å²) in [4.78, 5) is 12.3. The van der Waals surface area contributed by atoms with E-state index in [9.17, 15) is 13.6 Å². The van der Waals surface area contributed by atoms with Crippen molar-refractivity contribution in [2.24, 2.45) is 0 Å². The lowest BCUT2D eigenvalue weighted by molar-refractivity contribution is -0.0492. The molecule has 10 heteroatoms. The molecular formula is C21H27BF2N2O5. The maximum atomic E-state index is 13.0. The highest BCUT2D eigenvalue weighted by molar-refractivity contribution is 6.63. The van der Waals surface area contributed by atoms with Crippen LogP contribution in [0.2, 0.25) is 0 Å². The molecule has 1 aromatic carbocycles. The van der Waals surface area contributed by atoms with E-state index in [4.69, 9.17) is 18.8 Å². The molecule has 7 nitrogen and oxygen atoms in total. The lowest BCUT2D eigenvalue weighted by atomic mass is 9.78. The Hall–Kier alpha value is -2.46. The van der Waals surface area contributed by atoms with Gasteiger partial charge in [-0.25, -0.2) is 9.48 Å². The van der Waals surface area contributed by atoms with Crippen LogP contribution < -0.4 is 10.2 Å². The van der Waals surface area contributed by atoms with Crippen molar-refractivity contribution in [2.45, 2.75) is 66.3 Å². The number of benzene rings is 1. The highest BCUT2D eigenvalue weighted by Crippen LogP contribution is 2.37. The Kier molecular flexibility index (Phi) is 6.17. The predicted octanol–water partition coefficient (Wildman–Crippen LogP) is 3.57. The summed E-state index contributed by atoms with van der Waals surface area (Å²) in [6.45, 7) is 9.91. The molecule has 3 rings (SSSR count). The van der Waals surface area contributed by atoms with E-state index >= 15 is 0 Å². The lowest BCUT2D eigenvalue weighted by Gasteiger charge is -2.32. The number of aryl methyl sites for hydroxylation is 1. The van der Waals surface area contributed by atoms with Gasteiger partial charge in [0.25, 0.3) is 0 Å². The number of nitrogens with zero attached hydrogens (tertiary/aromatic N) is 2. The molecule has 0 saturated carbocycles. The molecule has 0 amide bonds. The zero-order chi connectivity index (χ0) is 23.1. The third kappa shape index (κ3) is 4.31. The van der Waals surface area contributed by atoms with Crippen LogP contribution in [0.3, 0.4) is 0 Å². The average molecular weight is 436 g/mol. The fraction of sp³-hybridized carbons (Fsp3) is 0.524. The molecule has 0 aliphatic carbocycles. The molecule has 168 valence electrons.